The topological polar surface area (TPSA) is 122 Å². The number of piperidine rings is 1. The molecule has 0 saturated carbocycles. The Morgan fingerprint density at radius 3 is 2.57 bits per heavy atom. The molecule has 2 fully saturated rings. The number of nitrogens with one attached hydrogen (secondary N) is 1. The number of anilines is 1. The standard InChI is InChI=1S/C24H26F2N6O3/c1-2-32(23(34)35)24(14-28-12-18(24)16-3-4-19(25)20(26)9-16)22(33)15-5-7-31(8-6-15)21-13-29-17(10-27)11-30-21/h3-4,9,11,13,15,18,28H,2,5-8,12,14H2,1H3,(H,34,35)/t18-,24+/m0/s1. The molecule has 1 aromatic carbocycles. The van der Waals surface area contributed by atoms with Gasteiger partial charge in [-0.25, -0.2) is 23.5 Å². The first-order valence-electron chi connectivity index (χ1n) is 11.5. The minimum Gasteiger partial charge on any atom is -0.465 e. The molecule has 0 spiro atoms. The number of carbonyl (C=O) groups excluding carboxylic acids is 1. The number of hydrogen-bond acceptors (Lipinski definition) is 7. The molecule has 2 aliphatic heterocycles. The smallest absolute Gasteiger partial charge is 0.408 e. The van der Waals surface area contributed by atoms with Crippen LogP contribution in [0.25, 0.3) is 0 Å². The Morgan fingerprint density at radius 2 is 2.00 bits per heavy atom. The van der Waals surface area contributed by atoms with Crippen LogP contribution in [0.5, 0.6) is 0 Å². The van der Waals surface area contributed by atoms with E-state index in [9.17, 15) is 23.5 Å². The Bertz CT molecular complexity index is 1150. The van der Waals surface area contributed by atoms with Crippen molar-refractivity contribution in [2.24, 2.45) is 5.92 Å². The first-order chi connectivity index (χ1) is 16.8. The van der Waals surface area contributed by atoms with Gasteiger partial charge in [-0.1, -0.05) is 6.07 Å². The van der Waals surface area contributed by atoms with Crippen molar-refractivity contribution in [1.82, 2.24) is 20.2 Å². The van der Waals surface area contributed by atoms with Crippen molar-refractivity contribution >= 4 is 17.7 Å². The fraction of sp³-hybridized carbons (Fsp3) is 0.458. The number of aromatic nitrogens is 2. The third kappa shape index (κ3) is 4.41. The number of hydrogen-bond donors (Lipinski definition) is 2. The molecule has 11 heteroatoms. The van der Waals surface area contributed by atoms with Crippen molar-refractivity contribution in [2.45, 2.75) is 31.2 Å². The van der Waals surface area contributed by atoms with E-state index in [0.717, 1.165) is 17.0 Å². The zero-order chi connectivity index (χ0) is 25.2. The number of nitrogens with zero attached hydrogens (tertiary/aromatic N) is 5. The SMILES string of the molecule is CCN(C(=O)O)[C@]1(C(=O)C2CCN(c3cnc(C#N)cn3)CC2)CNC[C@H]1c1ccc(F)c(F)c1. The number of benzene rings is 1. The largest absolute Gasteiger partial charge is 0.465 e. The number of rotatable bonds is 6. The molecule has 2 aromatic rings. The average Bonchev–Trinajstić information content (AvgIpc) is 3.31. The van der Waals surface area contributed by atoms with Gasteiger partial charge < -0.3 is 15.3 Å². The summed E-state index contributed by atoms with van der Waals surface area (Å²) in [7, 11) is 0. The summed E-state index contributed by atoms with van der Waals surface area (Å²) in [6.07, 6.45) is 2.63. The van der Waals surface area contributed by atoms with Gasteiger partial charge in [0.15, 0.2) is 23.1 Å². The molecule has 0 unspecified atom stereocenters. The van der Waals surface area contributed by atoms with Crippen molar-refractivity contribution in [2.75, 3.05) is 37.6 Å². The van der Waals surface area contributed by atoms with E-state index >= 15 is 0 Å². The Labute approximate surface area is 201 Å². The van der Waals surface area contributed by atoms with Gasteiger partial charge in [-0.3, -0.25) is 9.69 Å². The van der Waals surface area contributed by atoms with Gasteiger partial charge in [-0.05, 0) is 37.5 Å². The maximum absolute atomic E-state index is 14.1. The summed E-state index contributed by atoms with van der Waals surface area (Å²) < 4.78 is 27.7. The molecule has 184 valence electrons. The van der Waals surface area contributed by atoms with Crippen LogP contribution in [-0.2, 0) is 4.79 Å². The van der Waals surface area contributed by atoms with Crippen molar-refractivity contribution in [3.63, 3.8) is 0 Å². The molecule has 2 N–H and O–H groups in total. The molecule has 2 atom stereocenters. The summed E-state index contributed by atoms with van der Waals surface area (Å²) in [4.78, 5) is 37.8. The highest BCUT2D eigenvalue weighted by molar-refractivity contribution is 5.95. The molecule has 9 nitrogen and oxygen atoms in total. The minimum atomic E-state index is -1.44. The highest BCUT2D eigenvalue weighted by Crippen LogP contribution is 2.41. The Hall–Kier alpha value is -3.65. The molecule has 2 saturated heterocycles. The number of ketones is 1. The van der Waals surface area contributed by atoms with E-state index < -0.39 is 35.1 Å². The maximum atomic E-state index is 14.1. The monoisotopic (exact) mass is 484 g/mol. The molecule has 0 radical (unpaired) electrons. The fourth-order valence-corrected chi connectivity index (χ4v) is 5.35. The zero-order valence-corrected chi connectivity index (χ0v) is 19.2. The second-order valence-electron chi connectivity index (χ2n) is 8.81. The molecular formula is C24H26F2N6O3. The zero-order valence-electron chi connectivity index (χ0n) is 19.2. The van der Waals surface area contributed by atoms with Crippen LogP contribution < -0.4 is 10.2 Å². The van der Waals surface area contributed by atoms with Crippen LogP contribution in [0.1, 0.15) is 36.9 Å². The third-order valence-electron chi connectivity index (χ3n) is 7.06. The van der Waals surface area contributed by atoms with Crippen LogP contribution in [0.2, 0.25) is 0 Å². The summed E-state index contributed by atoms with van der Waals surface area (Å²) in [5, 5.41) is 22.0. The molecule has 4 rings (SSSR count). The first-order valence-corrected chi connectivity index (χ1v) is 11.5. The number of likely N-dealkylation sites (N-methyl/N-ethyl adjacent to an activating group) is 1. The van der Waals surface area contributed by atoms with Crippen LogP contribution >= 0.6 is 0 Å². The highest BCUT2D eigenvalue weighted by atomic mass is 19.2. The van der Waals surface area contributed by atoms with Crippen LogP contribution in [0.3, 0.4) is 0 Å². The van der Waals surface area contributed by atoms with Crippen LogP contribution in [0.15, 0.2) is 30.6 Å². The average molecular weight is 485 g/mol. The van der Waals surface area contributed by atoms with E-state index in [0.29, 0.717) is 37.3 Å². The summed E-state index contributed by atoms with van der Waals surface area (Å²) in [6, 6.07) is 5.40. The lowest BCUT2D eigenvalue weighted by molar-refractivity contribution is -0.135. The number of nitriles is 1. The Balaban J connectivity index is 1.62. The van der Waals surface area contributed by atoms with E-state index in [-0.39, 0.29) is 31.1 Å². The van der Waals surface area contributed by atoms with Gasteiger partial charge in [0.25, 0.3) is 0 Å². The fourth-order valence-electron chi connectivity index (χ4n) is 5.35. The van der Waals surface area contributed by atoms with Crippen LogP contribution in [-0.4, -0.2) is 70.1 Å². The lowest BCUT2D eigenvalue weighted by Crippen LogP contribution is -2.63. The summed E-state index contributed by atoms with van der Waals surface area (Å²) in [5.74, 6) is -2.73. The third-order valence-corrected chi connectivity index (χ3v) is 7.06. The molecular weight excluding hydrogens is 458 g/mol. The molecule has 0 aliphatic carbocycles. The van der Waals surface area contributed by atoms with Crippen molar-refractivity contribution < 1.29 is 23.5 Å². The summed E-state index contributed by atoms with van der Waals surface area (Å²) in [6.45, 7) is 3.11. The van der Waals surface area contributed by atoms with Crippen LogP contribution in [0.4, 0.5) is 19.4 Å². The van der Waals surface area contributed by atoms with Crippen molar-refractivity contribution in [3.05, 3.63) is 53.5 Å². The van der Waals surface area contributed by atoms with Gasteiger partial charge in [0.1, 0.15) is 17.4 Å². The normalized spacial score (nSPS) is 22.6. The lowest BCUT2D eigenvalue weighted by atomic mass is 9.71. The number of carboxylic acid groups (broad SMARTS) is 1. The Morgan fingerprint density at radius 1 is 1.26 bits per heavy atom. The predicted octanol–water partition coefficient (Wildman–Crippen LogP) is 2.54. The van der Waals surface area contributed by atoms with Gasteiger partial charge in [0, 0.05) is 44.6 Å². The van der Waals surface area contributed by atoms with E-state index in [2.05, 4.69) is 15.3 Å². The van der Waals surface area contributed by atoms with Crippen molar-refractivity contribution in [1.29, 1.82) is 5.26 Å². The molecule has 1 aromatic heterocycles. The van der Waals surface area contributed by atoms with Gasteiger partial charge in [0.05, 0.1) is 12.4 Å². The quantitative estimate of drug-likeness (QED) is 0.642. The maximum Gasteiger partial charge on any atom is 0.408 e. The number of halogens is 2. The van der Waals surface area contributed by atoms with E-state index in [1.807, 2.05) is 11.0 Å². The van der Waals surface area contributed by atoms with Gasteiger partial charge in [0.2, 0.25) is 0 Å². The van der Waals surface area contributed by atoms with Crippen LogP contribution in [0, 0.1) is 28.9 Å². The molecule has 3 heterocycles. The van der Waals surface area contributed by atoms with E-state index in [4.69, 9.17) is 5.26 Å². The minimum absolute atomic E-state index is 0.0720. The molecule has 2 aliphatic rings. The molecule has 0 bridgehead atoms. The Kier molecular flexibility index (Phi) is 6.93. The molecule has 1 amide bonds. The van der Waals surface area contributed by atoms with Gasteiger partial charge in [-0.2, -0.15) is 5.26 Å². The highest BCUT2D eigenvalue weighted by Gasteiger charge is 2.56. The van der Waals surface area contributed by atoms with Crippen molar-refractivity contribution in [3.8, 4) is 6.07 Å². The number of Topliss-reactive ketones (excluding diaryl/α,β-unsaturated/α-hetero) is 1. The summed E-state index contributed by atoms with van der Waals surface area (Å²) >= 11 is 0. The van der Waals surface area contributed by atoms with E-state index in [1.54, 1.807) is 6.92 Å². The molecule has 35 heavy (non-hydrogen) atoms. The summed E-state index contributed by atoms with van der Waals surface area (Å²) in [5.41, 5.74) is -0.843. The number of amides is 1. The predicted molar refractivity (Wildman–Crippen MR) is 122 cm³/mol. The second-order valence-corrected chi connectivity index (χ2v) is 8.81. The van der Waals surface area contributed by atoms with Gasteiger partial charge in [-0.15, -0.1) is 0 Å². The lowest BCUT2D eigenvalue weighted by Gasteiger charge is -2.44. The second kappa shape index (κ2) is 9.92. The van der Waals surface area contributed by atoms with Gasteiger partial charge >= 0.3 is 6.09 Å². The first kappa shape index (κ1) is 24.5. The number of carbonyl (C=O) groups is 2. The van der Waals surface area contributed by atoms with E-state index in [1.165, 1.54) is 18.5 Å².